The molecule has 0 saturated heterocycles. The minimum absolute atomic E-state index is 0.0327. The van der Waals surface area contributed by atoms with E-state index < -0.39 is 0 Å². The molecule has 0 saturated carbocycles. The molecular weight excluding hydrogens is 314 g/mol. The molecular formula is C19H21N5O. The molecule has 6 nitrogen and oxygen atoms in total. The Hall–Kier alpha value is -2.76. The van der Waals surface area contributed by atoms with E-state index in [2.05, 4.69) is 44.6 Å². The summed E-state index contributed by atoms with van der Waals surface area (Å²) in [5.41, 5.74) is 4.59. The summed E-state index contributed by atoms with van der Waals surface area (Å²) in [6, 6.07) is 10.6. The number of amides is 1. The number of nitrogens with zero attached hydrogens (tertiary/aromatic N) is 4. The minimum Gasteiger partial charge on any atom is -0.353 e. The summed E-state index contributed by atoms with van der Waals surface area (Å²) >= 11 is 0. The maximum absolute atomic E-state index is 12.4. The Labute approximate surface area is 146 Å². The molecule has 1 amide bonds. The van der Waals surface area contributed by atoms with Gasteiger partial charge in [0.25, 0.3) is 5.78 Å². The lowest BCUT2D eigenvalue weighted by Crippen LogP contribution is -2.39. The summed E-state index contributed by atoms with van der Waals surface area (Å²) in [5.74, 6) is 1.02. The van der Waals surface area contributed by atoms with Crippen molar-refractivity contribution in [1.29, 1.82) is 0 Å². The Morgan fingerprint density at radius 2 is 2.04 bits per heavy atom. The first-order valence-electron chi connectivity index (χ1n) is 8.64. The van der Waals surface area contributed by atoms with Gasteiger partial charge < -0.3 is 5.32 Å². The van der Waals surface area contributed by atoms with Crippen LogP contribution in [-0.2, 0) is 24.1 Å². The van der Waals surface area contributed by atoms with E-state index in [9.17, 15) is 4.79 Å². The van der Waals surface area contributed by atoms with E-state index in [-0.39, 0.29) is 18.4 Å². The molecule has 1 atom stereocenters. The molecule has 0 bridgehead atoms. The lowest BCUT2D eigenvalue weighted by Gasteiger charge is -2.25. The summed E-state index contributed by atoms with van der Waals surface area (Å²) in [6.07, 6.45) is 3.05. The summed E-state index contributed by atoms with van der Waals surface area (Å²) < 4.78 is 1.69. The number of fused-ring (bicyclic) bond motifs is 2. The second kappa shape index (κ2) is 6.27. The van der Waals surface area contributed by atoms with Gasteiger partial charge >= 0.3 is 0 Å². The van der Waals surface area contributed by atoms with E-state index >= 15 is 0 Å². The van der Waals surface area contributed by atoms with Crippen LogP contribution in [-0.4, -0.2) is 31.5 Å². The average molecular weight is 335 g/mol. The molecule has 1 aromatic carbocycles. The van der Waals surface area contributed by atoms with Crippen LogP contribution >= 0.6 is 0 Å². The zero-order valence-corrected chi connectivity index (χ0v) is 14.5. The van der Waals surface area contributed by atoms with Gasteiger partial charge in [0.1, 0.15) is 0 Å². The molecule has 2 aromatic heterocycles. The van der Waals surface area contributed by atoms with Gasteiger partial charge in [-0.25, -0.2) is 9.50 Å². The second-order valence-electron chi connectivity index (χ2n) is 6.73. The van der Waals surface area contributed by atoms with Gasteiger partial charge in [-0.15, -0.1) is 5.10 Å². The zero-order chi connectivity index (χ0) is 17.4. The second-order valence-corrected chi connectivity index (χ2v) is 6.73. The number of hydrogen-bond donors (Lipinski definition) is 1. The molecule has 6 heteroatoms. The fourth-order valence-corrected chi connectivity index (χ4v) is 3.53. The minimum atomic E-state index is -0.0327. The number of carbonyl (C=O) groups is 1. The number of carbonyl (C=O) groups excluding carboxylic acids is 1. The molecule has 1 N–H and O–H groups in total. The van der Waals surface area contributed by atoms with Gasteiger partial charge in [-0.05, 0) is 50.3 Å². The fourth-order valence-electron chi connectivity index (χ4n) is 3.53. The van der Waals surface area contributed by atoms with Crippen LogP contribution in [0.3, 0.4) is 0 Å². The van der Waals surface area contributed by atoms with Crippen LogP contribution in [0.15, 0.2) is 30.3 Å². The summed E-state index contributed by atoms with van der Waals surface area (Å²) in [7, 11) is 0. The summed E-state index contributed by atoms with van der Waals surface area (Å²) in [6.45, 7) is 3.88. The van der Waals surface area contributed by atoms with Crippen molar-refractivity contribution in [2.75, 3.05) is 0 Å². The Morgan fingerprint density at radius 1 is 1.24 bits per heavy atom. The third-order valence-corrected chi connectivity index (χ3v) is 4.69. The molecule has 3 aromatic rings. The standard InChI is InChI=1S/C19H21N5O/c1-12-9-13(2)24-19(20-12)22-17(23-24)11-18(25)21-16-8-7-14-5-3-4-6-15(14)10-16/h3-6,9,16H,7-8,10-11H2,1-2H3,(H,21,25)/t16-/m1/s1. The van der Waals surface area contributed by atoms with E-state index in [0.717, 1.165) is 30.7 Å². The van der Waals surface area contributed by atoms with Crippen molar-refractivity contribution < 1.29 is 4.79 Å². The highest BCUT2D eigenvalue weighted by atomic mass is 16.1. The lowest BCUT2D eigenvalue weighted by molar-refractivity contribution is -0.121. The summed E-state index contributed by atoms with van der Waals surface area (Å²) in [5, 5.41) is 7.53. The highest BCUT2D eigenvalue weighted by Gasteiger charge is 2.20. The number of hydrogen-bond acceptors (Lipinski definition) is 4. The number of nitrogens with one attached hydrogen (secondary N) is 1. The predicted molar refractivity (Wildman–Crippen MR) is 94.4 cm³/mol. The van der Waals surface area contributed by atoms with Crippen LogP contribution in [0.4, 0.5) is 0 Å². The van der Waals surface area contributed by atoms with Gasteiger partial charge in [0.05, 0.1) is 6.42 Å². The number of aromatic nitrogens is 4. The van der Waals surface area contributed by atoms with E-state index in [4.69, 9.17) is 0 Å². The molecule has 0 radical (unpaired) electrons. The van der Waals surface area contributed by atoms with Crippen LogP contribution in [0.5, 0.6) is 0 Å². The molecule has 0 fully saturated rings. The van der Waals surface area contributed by atoms with Gasteiger partial charge in [0.15, 0.2) is 5.82 Å². The summed E-state index contributed by atoms with van der Waals surface area (Å²) in [4.78, 5) is 21.1. The first-order valence-corrected chi connectivity index (χ1v) is 8.64. The van der Waals surface area contributed by atoms with Gasteiger partial charge in [0, 0.05) is 17.4 Å². The number of rotatable bonds is 3. The van der Waals surface area contributed by atoms with Gasteiger partial charge in [0.2, 0.25) is 5.91 Å². The van der Waals surface area contributed by atoms with Crippen LogP contribution < -0.4 is 5.32 Å². The largest absolute Gasteiger partial charge is 0.353 e. The quantitative estimate of drug-likeness (QED) is 0.794. The Balaban J connectivity index is 1.44. The van der Waals surface area contributed by atoms with Crippen LogP contribution in [0.2, 0.25) is 0 Å². The Bertz CT molecular complexity index is 946. The average Bonchev–Trinajstić information content (AvgIpc) is 2.97. The van der Waals surface area contributed by atoms with Crippen molar-refractivity contribution >= 4 is 11.7 Å². The number of benzene rings is 1. The molecule has 25 heavy (non-hydrogen) atoms. The van der Waals surface area contributed by atoms with Crippen molar-refractivity contribution in [2.45, 2.75) is 45.6 Å². The van der Waals surface area contributed by atoms with Crippen molar-refractivity contribution in [3.05, 3.63) is 58.7 Å². The van der Waals surface area contributed by atoms with Crippen molar-refractivity contribution in [3.63, 3.8) is 0 Å². The van der Waals surface area contributed by atoms with Gasteiger partial charge in [-0.2, -0.15) is 4.98 Å². The highest BCUT2D eigenvalue weighted by molar-refractivity contribution is 5.78. The Morgan fingerprint density at radius 3 is 2.88 bits per heavy atom. The van der Waals surface area contributed by atoms with Crippen molar-refractivity contribution in [2.24, 2.45) is 0 Å². The van der Waals surface area contributed by atoms with Crippen molar-refractivity contribution in [3.8, 4) is 0 Å². The number of aryl methyl sites for hydroxylation is 3. The molecule has 4 rings (SSSR count). The smallest absolute Gasteiger partial charge is 0.252 e. The Kier molecular flexibility index (Phi) is 3.95. The predicted octanol–water partition coefficient (Wildman–Crippen LogP) is 1.96. The van der Waals surface area contributed by atoms with E-state index in [1.807, 2.05) is 19.9 Å². The molecule has 0 spiro atoms. The fraction of sp³-hybridized carbons (Fsp3) is 0.368. The lowest BCUT2D eigenvalue weighted by atomic mass is 9.88. The first kappa shape index (κ1) is 15.7. The molecule has 128 valence electrons. The monoisotopic (exact) mass is 335 g/mol. The topological polar surface area (TPSA) is 72.2 Å². The van der Waals surface area contributed by atoms with E-state index in [1.165, 1.54) is 11.1 Å². The van der Waals surface area contributed by atoms with Crippen LogP contribution in [0.25, 0.3) is 5.78 Å². The van der Waals surface area contributed by atoms with Crippen LogP contribution in [0.1, 0.15) is 34.8 Å². The first-order chi connectivity index (χ1) is 12.1. The van der Waals surface area contributed by atoms with Gasteiger partial charge in [-0.3, -0.25) is 4.79 Å². The SMILES string of the molecule is Cc1cc(C)n2nc(CC(=O)N[C@@H]3CCc4ccccc4C3)nc2n1. The maximum Gasteiger partial charge on any atom is 0.252 e. The molecule has 0 aliphatic heterocycles. The third kappa shape index (κ3) is 3.24. The van der Waals surface area contributed by atoms with E-state index in [1.54, 1.807) is 4.52 Å². The zero-order valence-electron chi connectivity index (χ0n) is 14.5. The van der Waals surface area contributed by atoms with Crippen LogP contribution in [0, 0.1) is 13.8 Å². The highest BCUT2D eigenvalue weighted by Crippen LogP contribution is 2.21. The molecule has 1 aliphatic carbocycles. The molecule has 1 aliphatic rings. The third-order valence-electron chi connectivity index (χ3n) is 4.69. The maximum atomic E-state index is 12.4. The normalized spacial score (nSPS) is 16.6. The van der Waals surface area contributed by atoms with Gasteiger partial charge in [-0.1, -0.05) is 24.3 Å². The van der Waals surface area contributed by atoms with E-state index in [0.29, 0.717) is 11.6 Å². The van der Waals surface area contributed by atoms with Crippen molar-refractivity contribution in [1.82, 2.24) is 24.9 Å². The molecule has 2 heterocycles. The molecule has 0 unspecified atom stereocenters.